The molecule has 0 heterocycles. The zero-order valence-corrected chi connectivity index (χ0v) is 11.6. The van der Waals surface area contributed by atoms with E-state index in [9.17, 15) is 18.0 Å². The van der Waals surface area contributed by atoms with Gasteiger partial charge in [-0.25, -0.2) is 0 Å². The maximum Gasteiger partial charge on any atom is 0.389 e. The minimum Gasteiger partial charge on any atom is -0.294 e. The van der Waals surface area contributed by atoms with Crippen molar-refractivity contribution in [3.05, 3.63) is 32.4 Å². The molecule has 0 spiro atoms. The van der Waals surface area contributed by atoms with Gasteiger partial charge in [0, 0.05) is 27.0 Å². The summed E-state index contributed by atoms with van der Waals surface area (Å²) in [5, 5.41) is 0.407. The molecule has 0 radical (unpaired) electrons. The van der Waals surface area contributed by atoms with E-state index in [0.29, 0.717) is 14.2 Å². The van der Waals surface area contributed by atoms with Crippen LogP contribution < -0.4 is 0 Å². The Kier molecular flexibility index (Phi) is 5.24. The highest BCUT2D eigenvalue weighted by Gasteiger charge is 2.26. The van der Waals surface area contributed by atoms with Crippen LogP contribution in [0.2, 0.25) is 5.02 Å². The molecule has 1 aromatic rings. The first-order valence-corrected chi connectivity index (χ1v) is 6.30. The molecule has 0 aliphatic heterocycles. The predicted molar refractivity (Wildman–Crippen MR) is 68.4 cm³/mol. The molecular weight excluding hydrogens is 367 g/mol. The lowest BCUT2D eigenvalue weighted by Crippen LogP contribution is -2.09. The van der Waals surface area contributed by atoms with Crippen molar-refractivity contribution in [2.45, 2.75) is 25.4 Å². The number of Topliss-reactive ketones (excluding diaryl/α,β-unsaturated/α-hetero) is 1. The molecule has 1 rings (SSSR count). The lowest BCUT2D eigenvalue weighted by atomic mass is 10.1. The maximum atomic E-state index is 11.9. The van der Waals surface area contributed by atoms with Crippen molar-refractivity contribution in [3.63, 3.8) is 0 Å². The second kappa shape index (κ2) is 6.04. The smallest absolute Gasteiger partial charge is 0.294 e. The standard InChI is InChI=1S/C11H9ClF3IO/c12-7-3-4-9(16)8(6-7)10(17)2-1-5-11(13,14)15/h3-4,6H,1-2,5H2. The summed E-state index contributed by atoms with van der Waals surface area (Å²) in [6, 6.07) is 4.79. The van der Waals surface area contributed by atoms with Gasteiger partial charge in [0.25, 0.3) is 0 Å². The third kappa shape index (κ3) is 5.25. The highest BCUT2D eigenvalue weighted by atomic mass is 127. The van der Waals surface area contributed by atoms with Crippen LogP contribution in [-0.4, -0.2) is 12.0 Å². The van der Waals surface area contributed by atoms with E-state index in [0.717, 1.165) is 0 Å². The van der Waals surface area contributed by atoms with Gasteiger partial charge in [0.15, 0.2) is 5.78 Å². The van der Waals surface area contributed by atoms with Gasteiger partial charge in [0.1, 0.15) is 0 Å². The van der Waals surface area contributed by atoms with Crippen LogP contribution in [0.25, 0.3) is 0 Å². The number of rotatable bonds is 4. The molecule has 17 heavy (non-hydrogen) atoms. The molecule has 94 valence electrons. The number of ketones is 1. The number of benzene rings is 1. The first-order valence-electron chi connectivity index (χ1n) is 4.84. The normalized spacial score (nSPS) is 11.6. The summed E-state index contributed by atoms with van der Waals surface area (Å²) in [4.78, 5) is 11.7. The highest BCUT2D eigenvalue weighted by molar-refractivity contribution is 14.1. The molecule has 0 saturated carbocycles. The van der Waals surface area contributed by atoms with Crippen LogP contribution in [0.15, 0.2) is 18.2 Å². The van der Waals surface area contributed by atoms with E-state index in [-0.39, 0.29) is 18.6 Å². The second-order valence-electron chi connectivity index (χ2n) is 3.52. The SMILES string of the molecule is O=C(CCCC(F)(F)F)c1cc(Cl)ccc1I. The first kappa shape index (κ1) is 14.8. The molecular formula is C11H9ClF3IO. The molecule has 0 atom stereocenters. The van der Waals surface area contributed by atoms with E-state index in [1.807, 2.05) is 22.6 Å². The topological polar surface area (TPSA) is 17.1 Å². The van der Waals surface area contributed by atoms with Crippen molar-refractivity contribution in [2.24, 2.45) is 0 Å². The predicted octanol–water partition coefficient (Wildman–Crippen LogP) is 4.86. The van der Waals surface area contributed by atoms with Crippen molar-refractivity contribution in [2.75, 3.05) is 0 Å². The van der Waals surface area contributed by atoms with Crippen molar-refractivity contribution < 1.29 is 18.0 Å². The zero-order chi connectivity index (χ0) is 13.1. The first-order chi connectivity index (χ1) is 7.79. The Labute approximate surface area is 115 Å². The van der Waals surface area contributed by atoms with E-state index in [4.69, 9.17) is 11.6 Å². The number of alkyl halides is 3. The summed E-state index contributed by atoms with van der Waals surface area (Å²) in [6.45, 7) is 0. The van der Waals surface area contributed by atoms with Gasteiger partial charge in [-0.2, -0.15) is 13.2 Å². The molecule has 0 amide bonds. The molecule has 0 saturated heterocycles. The summed E-state index contributed by atoms with van der Waals surface area (Å²) < 4.78 is 36.5. The van der Waals surface area contributed by atoms with Gasteiger partial charge in [-0.05, 0) is 47.2 Å². The van der Waals surface area contributed by atoms with Crippen LogP contribution >= 0.6 is 34.2 Å². The lowest BCUT2D eigenvalue weighted by molar-refractivity contribution is -0.135. The Hall–Kier alpha value is -0.300. The van der Waals surface area contributed by atoms with Crippen molar-refractivity contribution in [1.29, 1.82) is 0 Å². The van der Waals surface area contributed by atoms with Crippen molar-refractivity contribution in [3.8, 4) is 0 Å². The summed E-state index contributed by atoms with van der Waals surface area (Å²) in [5.74, 6) is -0.304. The number of carbonyl (C=O) groups excluding carboxylic acids is 1. The summed E-state index contributed by atoms with van der Waals surface area (Å²) >= 11 is 7.69. The summed E-state index contributed by atoms with van der Waals surface area (Å²) in [6.07, 6.45) is -5.45. The van der Waals surface area contributed by atoms with Gasteiger partial charge in [0.2, 0.25) is 0 Å². The number of hydrogen-bond acceptors (Lipinski definition) is 1. The Morgan fingerprint density at radius 1 is 1.35 bits per heavy atom. The Balaban J connectivity index is 2.61. The van der Waals surface area contributed by atoms with Crippen LogP contribution in [0.1, 0.15) is 29.6 Å². The third-order valence-electron chi connectivity index (χ3n) is 2.09. The fraction of sp³-hybridized carbons (Fsp3) is 0.364. The number of carbonyl (C=O) groups is 1. The number of hydrogen-bond donors (Lipinski definition) is 0. The molecule has 6 heteroatoms. The maximum absolute atomic E-state index is 11.9. The highest BCUT2D eigenvalue weighted by Crippen LogP contribution is 2.24. The van der Waals surface area contributed by atoms with Gasteiger partial charge in [0.05, 0.1) is 0 Å². The van der Waals surface area contributed by atoms with E-state index < -0.39 is 12.6 Å². The summed E-state index contributed by atoms with van der Waals surface area (Å²) in [7, 11) is 0. The van der Waals surface area contributed by atoms with Crippen LogP contribution in [0.4, 0.5) is 13.2 Å². The zero-order valence-electron chi connectivity index (χ0n) is 8.65. The minimum absolute atomic E-state index is 0.115. The minimum atomic E-state index is -4.21. The lowest BCUT2D eigenvalue weighted by Gasteiger charge is -2.06. The van der Waals surface area contributed by atoms with E-state index in [1.165, 1.54) is 6.07 Å². The molecule has 0 unspecified atom stereocenters. The quantitative estimate of drug-likeness (QED) is 0.542. The molecule has 1 nitrogen and oxygen atoms in total. The fourth-order valence-corrected chi connectivity index (χ4v) is 2.10. The molecule has 0 N–H and O–H groups in total. The third-order valence-corrected chi connectivity index (χ3v) is 3.27. The molecule has 1 aromatic carbocycles. The Morgan fingerprint density at radius 3 is 2.59 bits per heavy atom. The fourth-order valence-electron chi connectivity index (χ4n) is 1.30. The average Bonchev–Trinajstić information content (AvgIpc) is 2.19. The van der Waals surface area contributed by atoms with Gasteiger partial charge < -0.3 is 0 Å². The van der Waals surface area contributed by atoms with Crippen molar-refractivity contribution >= 4 is 40.0 Å². The van der Waals surface area contributed by atoms with E-state index >= 15 is 0 Å². The van der Waals surface area contributed by atoms with Crippen LogP contribution in [-0.2, 0) is 0 Å². The van der Waals surface area contributed by atoms with Gasteiger partial charge in [-0.3, -0.25) is 4.79 Å². The van der Waals surface area contributed by atoms with Gasteiger partial charge in [-0.15, -0.1) is 0 Å². The van der Waals surface area contributed by atoms with Crippen LogP contribution in [0.3, 0.4) is 0 Å². The van der Waals surface area contributed by atoms with Gasteiger partial charge in [-0.1, -0.05) is 11.6 Å². The van der Waals surface area contributed by atoms with E-state index in [2.05, 4.69) is 0 Å². The van der Waals surface area contributed by atoms with Crippen molar-refractivity contribution in [1.82, 2.24) is 0 Å². The largest absolute Gasteiger partial charge is 0.389 e. The van der Waals surface area contributed by atoms with Gasteiger partial charge >= 0.3 is 6.18 Å². The number of halogens is 5. The molecule has 0 bridgehead atoms. The molecule has 0 aromatic heterocycles. The molecule has 0 fully saturated rings. The van der Waals surface area contributed by atoms with Crippen LogP contribution in [0.5, 0.6) is 0 Å². The second-order valence-corrected chi connectivity index (χ2v) is 5.11. The van der Waals surface area contributed by atoms with E-state index in [1.54, 1.807) is 12.1 Å². The Bertz CT molecular complexity index is 418. The average molecular weight is 377 g/mol. The Morgan fingerprint density at radius 2 is 2.00 bits per heavy atom. The van der Waals surface area contributed by atoms with Crippen LogP contribution in [0, 0.1) is 3.57 Å². The summed E-state index contributed by atoms with van der Waals surface area (Å²) in [5.41, 5.74) is 0.389. The monoisotopic (exact) mass is 376 g/mol. The molecule has 0 aliphatic rings. The molecule has 0 aliphatic carbocycles.